The van der Waals surface area contributed by atoms with Crippen molar-refractivity contribution in [2.24, 2.45) is 0 Å². The summed E-state index contributed by atoms with van der Waals surface area (Å²) in [6.45, 7) is 2.56. The van der Waals surface area contributed by atoms with Gasteiger partial charge in [0.1, 0.15) is 23.9 Å². The Labute approximate surface area is 117 Å². The Balaban J connectivity index is 1.80. The third kappa shape index (κ3) is 2.75. The van der Waals surface area contributed by atoms with Crippen LogP contribution in [0.1, 0.15) is 11.1 Å². The van der Waals surface area contributed by atoms with Crippen molar-refractivity contribution in [1.82, 2.24) is 4.90 Å². The number of nitrogens with zero attached hydrogens (tertiary/aromatic N) is 1. The molecule has 0 spiro atoms. The molecule has 0 saturated carbocycles. The molecule has 0 atom stereocenters. The lowest BCUT2D eigenvalue weighted by Crippen LogP contribution is -2.25. The molecule has 0 unspecified atom stereocenters. The predicted octanol–water partition coefficient (Wildman–Crippen LogP) is 2.93. The van der Waals surface area contributed by atoms with Crippen LogP contribution in [0.15, 0.2) is 42.5 Å². The summed E-state index contributed by atoms with van der Waals surface area (Å²) in [5, 5.41) is 9.81. The maximum atomic E-state index is 13.3. The molecule has 3 rings (SSSR count). The lowest BCUT2D eigenvalue weighted by molar-refractivity contribution is 0.217. The zero-order valence-electron chi connectivity index (χ0n) is 11.1. The van der Waals surface area contributed by atoms with Crippen LogP contribution in [0.5, 0.6) is 11.5 Å². The van der Waals surface area contributed by atoms with E-state index in [1.807, 2.05) is 24.3 Å². The van der Waals surface area contributed by atoms with E-state index < -0.39 is 0 Å². The van der Waals surface area contributed by atoms with E-state index >= 15 is 0 Å². The van der Waals surface area contributed by atoms with Crippen molar-refractivity contribution >= 4 is 0 Å². The number of halogens is 1. The van der Waals surface area contributed by atoms with Crippen LogP contribution in [0.4, 0.5) is 4.39 Å². The summed E-state index contributed by atoms with van der Waals surface area (Å²) in [7, 11) is 0. The van der Waals surface area contributed by atoms with Crippen molar-refractivity contribution in [2.45, 2.75) is 13.1 Å². The quantitative estimate of drug-likeness (QED) is 0.913. The zero-order chi connectivity index (χ0) is 13.9. The van der Waals surface area contributed by atoms with Crippen LogP contribution < -0.4 is 4.74 Å². The van der Waals surface area contributed by atoms with Gasteiger partial charge < -0.3 is 9.84 Å². The van der Waals surface area contributed by atoms with E-state index in [0.29, 0.717) is 18.7 Å². The minimum atomic E-state index is -0.329. The molecule has 4 heteroatoms. The van der Waals surface area contributed by atoms with Gasteiger partial charge in [-0.3, -0.25) is 4.90 Å². The van der Waals surface area contributed by atoms with Crippen LogP contribution in [0.2, 0.25) is 0 Å². The summed E-state index contributed by atoms with van der Waals surface area (Å²) in [5.41, 5.74) is 1.71. The van der Waals surface area contributed by atoms with Crippen molar-refractivity contribution in [3.8, 4) is 11.5 Å². The molecule has 0 fully saturated rings. The van der Waals surface area contributed by atoms with Gasteiger partial charge in [-0.1, -0.05) is 18.2 Å². The highest BCUT2D eigenvalue weighted by Gasteiger charge is 2.16. The Morgan fingerprint density at radius 2 is 2.05 bits per heavy atom. The number of para-hydroxylation sites is 1. The summed E-state index contributed by atoms with van der Waals surface area (Å²) in [6, 6.07) is 12.0. The standard InChI is InChI=1S/C16H16FNO2/c17-14-5-6-15(19)13(9-14)11-18-7-8-20-16-4-2-1-3-12(16)10-18/h1-6,9,19H,7-8,10-11H2. The minimum Gasteiger partial charge on any atom is -0.508 e. The molecule has 3 nitrogen and oxygen atoms in total. The number of hydrogen-bond acceptors (Lipinski definition) is 3. The molecular formula is C16H16FNO2. The second kappa shape index (κ2) is 5.51. The first kappa shape index (κ1) is 12.9. The number of benzene rings is 2. The first-order valence-electron chi connectivity index (χ1n) is 6.63. The number of rotatable bonds is 2. The number of fused-ring (bicyclic) bond motifs is 1. The molecule has 1 N–H and O–H groups in total. The van der Waals surface area contributed by atoms with E-state index in [1.165, 1.54) is 18.2 Å². The molecular weight excluding hydrogens is 257 g/mol. The van der Waals surface area contributed by atoms with E-state index in [4.69, 9.17) is 4.74 Å². The normalized spacial score (nSPS) is 15.2. The van der Waals surface area contributed by atoms with Crippen LogP contribution in [0.3, 0.4) is 0 Å². The van der Waals surface area contributed by atoms with Gasteiger partial charge in [0.2, 0.25) is 0 Å². The average molecular weight is 273 g/mol. The van der Waals surface area contributed by atoms with E-state index in [9.17, 15) is 9.50 Å². The number of hydrogen-bond donors (Lipinski definition) is 1. The molecule has 104 valence electrons. The lowest BCUT2D eigenvalue weighted by atomic mass is 10.1. The summed E-state index contributed by atoms with van der Waals surface area (Å²) in [4.78, 5) is 2.14. The average Bonchev–Trinajstić information content (AvgIpc) is 2.64. The highest BCUT2D eigenvalue weighted by molar-refractivity contribution is 5.35. The first-order chi connectivity index (χ1) is 9.72. The fourth-order valence-corrected chi connectivity index (χ4v) is 2.44. The molecule has 0 aliphatic carbocycles. The molecule has 1 heterocycles. The Bertz CT molecular complexity index is 615. The topological polar surface area (TPSA) is 32.7 Å². The van der Waals surface area contributed by atoms with E-state index in [0.717, 1.165) is 24.4 Å². The lowest BCUT2D eigenvalue weighted by Gasteiger charge is -2.19. The smallest absolute Gasteiger partial charge is 0.123 e. The van der Waals surface area contributed by atoms with Crippen LogP contribution in [0.25, 0.3) is 0 Å². The van der Waals surface area contributed by atoms with E-state index in [-0.39, 0.29) is 11.6 Å². The highest BCUT2D eigenvalue weighted by Crippen LogP contribution is 2.25. The summed E-state index contributed by atoms with van der Waals surface area (Å²) < 4.78 is 19.0. The Kier molecular flexibility index (Phi) is 3.56. The molecule has 0 aromatic heterocycles. The molecule has 2 aromatic carbocycles. The van der Waals surface area contributed by atoms with Crippen molar-refractivity contribution in [3.05, 3.63) is 59.4 Å². The highest BCUT2D eigenvalue weighted by atomic mass is 19.1. The monoisotopic (exact) mass is 273 g/mol. The third-order valence-electron chi connectivity index (χ3n) is 3.47. The van der Waals surface area contributed by atoms with E-state index in [2.05, 4.69) is 4.90 Å². The van der Waals surface area contributed by atoms with Gasteiger partial charge in [-0.15, -0.1) is 0 Å². The van der Waals surface area contributed by atoms with Crippen molar-refractivity contribution < 1.29 is 14.2 Å². The number of ether oxygens (including phenoxy) is 1. The van der Waals surface area contributed by atoms with Crippen LogP contribution in [0, 0.1) is 5.82 Å². The van der Waals surface area contributed by atoms with Gasteiger partial charge in [0.25, 0.3) is 0 Å². The summed E-state index contributed by atoms with van der Waals surface area (Å²) in [6.07, 6.45) is 0. The largest absolute Gasteiger partial charge is 0.508 e. The Hall–Kier alpha value is -2.07. The maximum absolute atomic E-state index is 13.3. The summed E-state index contributed by atoms with van der Waals surface area (Å²) >= 11 is 0. The summed E-state index contributed by atoms with van der Waals surface area (Å²) in [5.74, 6) is 0.701. The van der Waals surface area contributed by atoms with Crippen molar-refractivity contribution in [3.63, 3.8) is 0 Å². The van der Waals surface area contributed by atoms with Gasteiger partial charge in [0, 0.05) is 30.8 Å². The van der Waals surface area contributed by atoms with E-state index in [1.54, 1.807) is 0 Å². The third-order valence-corrected chi connectivity index (χ3v) is 3.47. The van der Waals surface area contributed by atoms with Crippen molar-refractivity contribution in [2.75, 3.05) is 13.2 Å². The second-order valence-corrected chi connectivity index (χ2v) is 4.94. The first-order valence-corrected chi connectivity index (χ1v) is 6.63. The number of aromatic hydroxyl groups is 1. The van der Waals surface area contributed by atoms with Crippen LogP contribution in [-0.4, -0.2) is 23.2 Å². The SMILES string of the molecule is Oc1ccc(F)cc1CN1CCOc2ccccc2C1. The number of phenolic OH excluding ortho intramolecular Hbond substituents is 1. The Morgan fingerprint density at radius 3 is 2.95 bits per heavy atom. The second-order valence-electron chi connectivity index (χ2n) is 4.94. The van der Waals surface area contributed by atoms with Gasteiger partial charge in [0.05, 0.1) is 0 Å². The fourth-order valence-electron chi connectivity index (χ4n) is 2.44. The number of phenols is 1. The molecule has 1 aliphatic heterocycles. The van der Waals surface area contributed by atoms with Gasteiger partial charge in [-0.25, -0.2) is 4.39 Å². The molecule has 2 aromatic rings. The predicted molar refractivity (Wildman–Crippen MR) is 74.1 cm³/mol. The maximum Gasteiger partial charge on any atom is 0.123 e. The van der Waals surface area contributed by atoms with Gasteiger partial charge in [-0.05, 0) is 24.3 Å². The van der Waals surface area contributed by atoms with Gasteiger partial charge in [-0.2, -0.15) is 0 Å². The fraction of sp³-hybridized carbons (Fsp3) is 0.250. The molecule has 0 amide bonds. The minimum absolute atomic E-state index is 0.129. The molecule has 0 saturated heterocycles. The molecule has 20 heavy (non-hydrogen) atoms. The van der Waals surface area contributed by atoms with Gasteiger partial charge >= 0.3 is 0 Å². The van der Waals surface area contributed by atoms with Crippen LogP contribution in [-0.2, 0) is 13.1 Å². The van der Waals surface area contributed by atoms with Crippen LogP contribution >= 0.6 is 0 Å². The van der Waals surface area contributed by atoms with Crippen molar-refractivity contribution in [1.29, 1.82) is 0 Å². The molecule has 0 bridgehead atoms. The molecule has 1 aliphatic rings. The molecule has 0 radical (unpaired) electrons. The van der Waals surface area contributed by atoms with Gasteiger partial charge in [0.15, 0.2) is 0 Å². The zero-order valence-corrected chi connectivity index (χ0v) is 11.1. The Morgan fingerprint density at radius 1 is 1.20 bits per heavy atom.